The second kappa shape index (κ2) is 8.99. The van der Waals surface area contributed by atoms with Crippen LogP contribution >= 0.6 is 12.2 Å². The predicted octanol–water partition coefficient (Wildman–Crippen LogP) is 2.31. The minimum atomic E-state index is -2.52. The molecular weight excluding hydrogens is 254 g/mol. The van der Waals surface area contributed by atoms with Crippen molar-refractivity contribution in [3.05, 3.63) is 0 Å². The van der Waals surface area contributed by atoms with E-state index in [0.29, 0.717) is 19.8 Å². The fraction of sp³-hybridized carbons (Fsp3) is 0.909. The van der Waals surface area contributed by atoms with Crippen LogP contribution < -0.4 is 0 Å². The van der Waals surface area contributed by atoms with Gasteiger partial charge < -0.3 is 18.2 Å². The molecule has 0 heterocycles. The Hall–Kier alpha value is -0.0131. The Morgan fingerprint density at radius 2 is 1.41 bits per heavy atom. The van der Waals surface area contributed by atoms with Crippen molar-refractivity contribution in [3.63, 3.8) is 0 Å². The van der Waals surface area contributed by atoms with E-state index in [1.807, 2.05) is 39.8 Å². The predicted molar refractivity (Wildman–Crippen MR) is 76.3 cm³/mol. The van der Waals surface area contributed by atoms with E-state index in [-0.39, 0.29) is 0 Å². The van der Waals surface area contributed by atoms with Crippen molar-refractivity contribution in [1.82, 2.24) is 4.90 Å². The summed E-state index contributed by atoms with van der Waals surface area (Å²) in [6.07, 6.45) is 0.772. The van der Waals surface area contributed by atoms with Crippen molar-refractivity contribution in [3.8, 4) is 0 Å². The molecule has 0 aromatic rings. The van der Waals surface area contributed by atoms with E-state index in [9.17, 15) is 0 Å². The van der Waals surface area contributed by atoms with Crippen molar-refractivity contribution in [2.75, 3.05) is 33.9 Å². The summed E-state index contributed by atoms with van der Waals surface area (Å²) < 4.78 is 17.3. The molecule has 0 N–H and O–H groups in total. The first kappa shape index (κ1) is 17.0. The molecule has 0 fully saturated rings. The van der Waals surface area contributed by atoms with Crippen molar-refractivity contribution in [2.24, 2.45) is 0 Å². The van der Waals surface area contributed by atoms with Crippen LogP contribution in [0.5, 0.6) is 0 Å². The van der Waals surface area contributed by atoms with Gasteiger partial charge in [0, 0.05) is 46.4 Å². The highest BCUT2D eigenvalue weighted by Crippen LogP contribution is 2.19. The molecular formula is C11H25NO3SSi. The smallest absolute Gasteiger partial charge is 0.374 e. The largest absolute Gasteiger partial charge is 0.501 e. The molecule has 102 valence electrons. The summed E-state index contributed by atoms with van der Waals surface area (Å²) >= 11 is 5.28. The lowest BCUT2D eigenvalue weighted by Gasteiger charge is -2.29. The molecule has 0 spiro atoms. The zero-order chi connectivity index (χ0) is 13.3. The highest BCUT2D eigenvalue weighted by Gasteiger charge is 2.40. The average Bonchev–Trinajstić information content (AvgIpc) is 2.27. The van der Waals surface area contributed by atoms with Gasteiger partial charge in [0.2, 0.25) is 0 Å². The summed E-state index contributed by atoms with van der Waals surface area (Å²) in [6.45, 7) is 7.72. The Morgan fingerprint density at radius 1 is 1.00 bits per heavy atom. The van der Waals surface area contributed by atoms with Gasteiger partial charge in [-0.3, -0.25) is 0 Å². The van der Waals surface area contributed by atoms with E-state index in [2.05, 4.69) is 0 Å². The Bertz CT molecular complexity index is 210. The van der Waals surface area contributed by atoms with Gasteiger partial charge in [-0.05, 0) is 20.8 Å². The summed E-state index contributed by atoms with van der Waals surface area (Å²) in [5.41, 5.74) is 0. The van der Waals surface area contributed by atoms with Crippen molar-refractivity contribution >= 4 is 26.0 Å². The van der Waals surface area contributed by atoms with Crippen LogP contribution in [0.25, 0.3) is 0 Å². The number of hydrogen-bond acceptors (Lipinski definition) is 4. The molecule has 0 unspecified atom stereocenters. The van der Waals surface area contributed by atoms with E-state index >= 15 is 0 Å². The van der Waals surface area contributed by atoms with Crippen molar-refractivity contribution in [2.45, 2.75) is 33.2 Å². The number of rotatable bonds is 9. The van der Waals surface area contributed by atoms with Gasteiger partial charge in [-0.1, -0.05) is 12.2 Å². The number of hydrogen-bond donors (Lipinski definition) is 0. The van der Waals surface area contributed by atoms with E-state index in [0.717, 1.165) is 17.5 Å². The molecule has 0 aliphatic rings. The Balaban J connectivity index is 4.48. The molecule has 0 saturated carbocycles. The van der Waals surface area contributed by atoms with Crippen molar-refractivity contribution in [1.29, 1.82) is 0 Å². The van der Waals surface area contributed by atoms with Crippen LogP contribution in [0.4, 0.5) is 0 Å². The first-order valence-corrected chi connectivity index (χ1v) is 8.47. The quantitative estimate of drug-likeness (QED) is 0.477. The Labute approximate surface area is 112 Å². The van der Waals surface area contributed by atoms with E-state index in [4.69, 9.17) is 25.5 Å². The van der Waals surface area contributed by atoms with Gasteiger partial charge in [-0.25, -0.2) is 0 Å². The Kier molecular flexibility index (Phi) is 8.98. The van der Waals surface area contributed by atoms with Gasteiger partial charge in [-0.15, -0.1) is 0 Å². The van der Waals surface area contributed by atoms with Gasteiger partial charge in [0.15, 0.2) is 0 Å². The van der Waals surface area contributed by atoms with Crippen LogP contribution in [0.2, 0.25) is 6.04 Å². The van der Waals surface area contributed by atoms with Crippen LogP contribution in [-0.2, 0) is 13.3 Å². The summed E-state index contributed by atoms with van der Waals surface area (Å²) in [7, 11) is 1.39. The maximum Gasteiger partial charge on any atom is 0.501 e. The maximum atomic E-state index is 5.76. The third kappa shape index (κ3) is 6.47. The molecule has 0 aliphatic heterocycles. The molecule has 0 aromatic heterocycles. The lowest BCUT2D eigenvalue weighted by Crippen LogP contribution is -2.46. The minimum Gasteiger partial charge on any atom is -0.374 e. The highest BCUT2D eigenvalue weighted by molar-refractivity contribution is 7.80. The van der Waals surface area contributed by atoms with Crippen LogP contribution in [0.3, 0.4) is 0 Å². The second-order valence-corrected chi connectivity index (χ2v) is 6.97. The fourth-order valence-corrected chi connectivity index (χ4v) is 4.31. The molecule has 0 saturated heterocycles. The Morgan fingerprint density at radius 3 is 1.71 bits per heavy atom. The van der Waals surface area contributed by atoms with Crippen LogP contribution in [0, 0.1) is 0 Å². The van der Waals surface area contributed by atoms with Crippen molar-refractivity contribution < 1.29 is 13.3 Å². The van der Waals surface area contributed by atoms with E-state index in [1.54, 1.807) is 0 Å². The van der Waals surface area contributed by atoms with Gasteiger partial charge in [0.05, 0.1) is 4.99 Å². The highest BCUT2D eigenvalue weighted by atomic mass is 32.1. The summed E-state index contributed by atoms with van der Waals surface area (Å²) in [4.78, 5) is 2.85. The standard InChI is InChI=1S/C11H25NO3SSi/c1-6-13-17(14-7-2,15-8-3)10-9-11(16)12(4)5/h6-10H2,1-5H3. The van der Waals surface area contributed by atoms with E-state index in [1.165, 1.54) is 0 Å². The fourth-order valence-electron chi connectivity index (χ4n) is 1.48. The zero-order valence-corrected chi connectivity index (χ0v) is 13.4. The molecule has 6 heteroatoms. The molecule has 17 heavy (non-hydrogen) atoms. The normalized spacial score (nSPS) is 11.6. The number of nitrogens with zero attached hydrogens (tertiary/aromatic N) is 1. The molecule has 0 rings (SSSR count). The molecule has 0 radical (unpaired) electrons. The lowest BCUT2D eigenvalue weighted by molar-refractivity contribution is 0.0717. The topological polar surface area (TPSA) is 30.9 Å². The van der Waals surface area contributed by atoms with E-state index < -0.39 is 8.80 Å². The monoisotopic (exact) mass is 279 g/mol. The third-order valence-corrected chi connectivity index (χ3v) is 5.85. The van der Waals surface area contributed by atoms with Gasteiger partial charge >= 0.3 is 8.80 Å². The molecule has 0 amide bonds. The zero-order valence-electron chi connectivity index (χ0n) is 11.6. The molecule has 0 bridgehead atoms. The second-order valence-electron chi connectivity index (χ2n) is 3.77. The SMILES string of the molecule is CCO[Si](CCC(=S)N(C)C)(OCC)OCC. The molecule has 0 aromatic carbocycles. The summed E-state index contributed by atoms with van der Waals surface area (Å²) in [6, 6.07) is 0.750. The van der Waals surface area contributed by atoms with Crippen LogP contribution in [-0.4, -0.2) is 52.6 Å². The van der Waals surface area contributed by atoms with Gasteiger partial charge in [0.25, 0.3) is 0 Å². The lowest BCUT2D eigenvalue weighted by atomic mass is 10.4. The minimum absolute atomic E-state index is 0.612. The maximum absolute atomic E-state index is 5.76. The average molecular weight is 279 g/mol. The number of thiocarbonyl (C=S) groups is 1. The molecule has 0 atom stereocenters. The first-order chi connectivity index (χ1) is 8.01. The van der Waals surface area contributed by atoms with Crippen LogP contribution in [0.1, 0.15) is 27.2 Å². The molecule has 0 aliphatic carbocycles. The molecule has 4 nitrogen and oxygen atoms in total. The van der Waals surface area contributed by atoms with Gasteiger partial charge in [-0.2, -0.15) is 0 Å². The first-order valence-electron chi connectivity index (χ1n) is 6.13. The van der Waals surface area contributed by atoms with Gasteiger partial charge in [0.1, 0.15) is 0 Å². The third-order valence-electron chi connectivity index (χ3n) is 2.24. The van der Waals surface area contributed by atoms with Crippen LogP contribution in [0.15, 0.2) is 0 Å². The summed E-state index contributed by atoms with van der Waals surface area (Å²) in [5, 5.41) is 0. The summed E-state index contributed by atoms with van der Waals surface area (Å²) in [5.74, 6) is 0.